The van der Waals surface area contributed by atoms with E-state index < -0.39 is 28.5 Å². The van der Waals surface area contributed by atoms with Crippen LogP contribution in [-0.4, -0.2) is 64.7 Å². The third kappa shape index (κ3) is 8.72. The van der Waals surface area contributed by atoms with Crippen molar-refractivity contribution in [1.29, 1.82) is 0 Å². The van der Waals surface area contributed by atoms with Crippen molar-refractivity contribution in [2.24, 2.45) is 5.92 Å². The third-order valence-electron chi connectivity index (χ3n) is 6.89. The van der Waals surface area contributed by atoms with Gasteiger partial charge in [0.2, 0.25) is 21.8 Å². The van der Waals surface area contributed by atoms with Gasteiger partial charge in [-0.05, 0) is 41.7 Å². The second-order valence-electron chi connectivity index (χ2n) is 10.6. The molecule has 0 fully saturated rings. The van der Waals surface area contributed by atoms with Crippen LogP contribution in [0, 0.1) is 12.8 Å². The molecular weight excluding hydrogens is 554 g/mol. The number of carbonyl (C=O) groups is 2. The van der Waals surface area contributed by atoms with Crippen LogP contribution in [0.25, 0.3) is 0 Å². The molecule has 3 aromatic rings. The number of hydrogen-bond acceptors (Lipinski definition) is 6. The molecule has 3 aromatic carbocycles. The van der Waals surface area contributed by atoms with Crippen LogP contribution in [0.15, 0.2) is 72.8 Å². The summed E-state index contributed by atoms with van der Waals surface area (Å²) in [5, 5.41) is 2.99. The molecule has 9 nitrogen and oxygen atoms in total. The minimum atomic E-state index is -3.96. The van der Waals surface area contributed by atoms with Gasteiger partial charge in [0.15, 0.2) is 0 Å². The number of anilines is 1. The Kier molecular flexibility index (Phi) is 11.4. The van der Waals surface area contributed by atoms with Crippen LogP contribution in [0.2, 0.25) is 0 Å². The van der Waals surface area contributed by atoms with E-state index in [1.807, 2.05) is 75.4 Å². The summed E-state index contributed by atoms with van der Waals surface area (Å²) < 4.78 is 38.0. The lowest BCUT2D eigenvalue weighted by molar-refractivity contribution is -0.140. The molecular formula is C32H41N3O6S. The summed E-state index contributed by atoms with van der Waals surface area (Å²) in [5.41, 5.74) is 2.84. The van der Waals surface area contributed by atoms with Crippen LogP contribution in [0.1, 0.15) is 30.5 Å². The van der Waals surface area contributed by atoms with Crippen LogP contribution >= 0.6 is 0 Å². The van der Waals surface area contributed by atoms with E-state index in [2.05, 4.69) is 5.32 Å². The molecule has 42 heavy (non-hydrogen) atoms. The molecule has 0 aliphatic carbocycles. The molecule has 3 rings (SSSR count). The summed E-state index contributed by atoms with van der Waals surface area (Å²) in [5.74, 6) is 0.0234. The second-order valence-corrected chi connectivity index (χ2v) is 12.5. The van der Waals surface area contributed by atoms with Gasteiger partial charge in [0.05, 0.1) is 26.2 Å². The minimum Gasteiger partial charge on any atom is -0.497 e. The summed E-state index contributed by atoms with van der Waals surface area (Å²) in [7, 11) is -1.07. The zero-order valence-electron chi connectivity index (χ0n) is 25.2. The number of amides is 2. The molecule has 0 spiro atoms. The maximum Gasteiger partial charge on any atom is 0.244 e. The molecule has 0 saturated carbocycles. The molecule has 0 unspecified atom stereocenters. The molecule has 0 aliphatic heterocycles. The number of nitrogens with zero attached hydrogens (tertiary/aromatic N) is 2. The van der Waals surface area contributed by atoms with Crippen LogP contribution < -0.4 is 19.1 Å². The number of methoxy groups -OCH3 is 2. The molecule has 2 amide bonds. The van der Waals surface area contributed by atoms with Gasteiger partial charge in [0.25, 0.3) is 0 Å². The van der Waals surface area contributed by atoms with Crippen molar-refractivity contribution >= 4 is 27.5 Å². The molecule has 0 aliphatic rings. The smallest absolute Gasteiger partial charge is 0.244 e. The number of nitrogens with one attached hydrogen (secondary N) is 1. The maximum atomic E-state index is 14.3. The number of rotatable bonds is 14. The Morgan fingerprint density at radius 1 is 0.929 bits per heavy atom. The number of carbonyl (C=O) groups excluding carboxylic acids is 2. The normalized spacial score (nSPS) is 12.0. The summed E-state index contributed by atoms with van der Waals surface area (Å²) in [6.07, 6.45) is 1.28. The first-order chi connectivity index (χ1) is 19.9. The molecule has 0 heterocycles. The molecule has 0 saturated heterocycles. The van der Waals surface area contributed by atoms with Crippen LogP contribution in [0.5, 0.6) is 11.5 Å². The number of benzene rings is 3. The van der Waals surface area contributed by atoms with Crippen molar-refractivity contribution in [3.05, 3.63) is 89.5 Å². The number of aryl methyl sites for hydroxylation is 1. The highest BCUT2D eigenvalue weighted by molar-refractivity contribution is 7.92. The predicted octanol–water partition coefficient (Wildman–Crippen LogP) is 4.19. The fourth-order valence-corrected chi connectivity index (χ4v) is 5.38. The number of sulfonamides is 1. The maximum absolute atomic E-state index is 14.3. The van der Waals surface area contributed by atoms with Crippen molar-refractivity contribution in [2.75, 3.05) is 37.9 Å². The Morgan fingerprint density at radius 3 is 2.19 bits per heavy atom. The first-order valence-corrected chi connectivity index (χ1v) is 15.6. The Balaban J connectivity index is 2.11. The molecule has 0 bridgehead atoms. The Morgan fingerprint density at radius 2 is 1.60 bits per heavy atom. The molecule has 1 N–H and O–H groups in total. The van der Waals surface area contributed by atoms with E-state index in [-0.39, 0.29) is 36.2 Å². The van der Waals surface area contributed by atoms with Crippen LogP contribution in [0.4, 0.5) is 5.69 Å². The van der Waals surface area contributed by atoms with E-state index in [0.29, 0.717) is 12.3 Å². The predicted molar refractivity (Wildman–Crippen MR) is 165 cm³/mol. The first kappa shape index (κ1) is 32.5. The van der Waals surface area contributed by atoms with E-state index >= 15 is 0 Å². The van der Waals surface area contributed by atoms with Gasteiger partial charge in [0, 0.05) is 25.6 Å². The average molecular weight is 596 g/mol. The van der Waals surface area contributed by atoms with E-state index in [0.717, 1.165) is 27.3 Å². The SMILES string of the molecule is COc1ccc(OC)c(N(CC(=O)N(Cc2ccccc2C)[C@H](Cc2ccccc2)C(=O)NCC(C)C)S(C)(=O)=O)c1. The highest BCUT2D eigenvalue weighted by atomic mass is 32.2. The van der Waals surface area contributed by atoms with Gasteiger partial charge >= 0.3 is 0 Å². The monoisotopic (exact) mass is 595 g/mol. The van der Waals surface area contributed by atoms with Crippen molar-refractivity contribution in [3.63, 3.8) is 0 Å². The van der Waals surface area contributed by atoms with Gasteiger partial charge in [-0.3, -0.25) is 13.9 Å². The van der Waals surface area contributed by atoms with Gasteiger partial charge in [-0.15, -0.1) is 0 Å². The van der Waals surface area contributed by atoms with Crippen molar-refractivity contribution in [3.8, 4) is 11.5 Å². The molecule has 0 aromatic heterocycles. The van der Waals surface area contributed by atoms with E-state index in [1.165, 1.54) is 25.2 Å². The molecule has 1 atom stereocenters. The van der Waals surface area contributed by atoms with E-state index in [9.17, 15) is 18.0 Å². The van der Waals surface area contributed by atoms with Crippen molar-refractivity contribution in [2.45, 2.75) is 39.8 Å². The topological polar surface area (TPSA) is 105 Å². The number of ether oxygens (including phenoxy) is 2. The molecule has 10 heteroatoms. The largest absolute Gasteiger partial charge is 0.497 e. The van der Waals surface area contributed by atoms with Gasteiger partial charge in [0.1, 0.15) is 24.1 Å². The minimum absolute atomic E-state index is 0.116. The Hall–Kier alpha value is -4.05. The third-order valence-corrected chi connectivity index (χ3v) is 8.02. The molecule has 226 valence electrons. The quantitative estimate of drug-likeness (QED) is 0.300. The fraction of sp³-hybridized carbons (Fsp3) is 0.375. The highest BCUT2D eigenvalue weighted by Crippen LogP contribution is 2.34. The molecule has 0 radical (unpaired) electrons. The second kappa shape index (κ2) is 14.7. The van der Waals surface area contributed by atoms with Crippen molar-refractivity contribution < 1.29 is 27.5 Å². The Labute approximate surface area is 249 Å². The number of hydrogen-bond donors (Lipinski definition) is 1. The van der Waals surface area contributed by atoms with Crippen LogP contribution in [-0.2, 0) is 32.6 Å². The summed E-state index contributed by atoms with van der Waals surface area (Å²) in [6, 6.07) is 20.9. The first-order valence-electron chi connectivity index (χ1n) is 13.8. The highest BCUT2D eigenvalue weighted by Gasteiger charge is 2.34. The lowest BCUT2D eigenvalue weighted by Crippen LogP contribution is -2.53. The van der Waals surface area contributed by atoms with E-state index in [1.54, 1.807) is 12.1 Å². The zero-order valence-corrected chi connectivity index (χ0v) is 26.0. The Bertz CT molecular complexity index is 1460. The fourth-order valence-electron chi connectivity index (χ4n) is 4.53. The van der Waals surface area contributed by atoms with Crippen LogP contribution in [0.3, 0.4) is 0 Å². The summed E-state index contributed by atoms with van der Waals surface area (Å²) >= 11 is 0. The van der Waals surface area contributed by atoms with Crippen molar-refractivity contribution in [1.82, 2.24) is 10.2 Å². The van der Waals surface area contributed by atoms with E-state index in [4.69, 9.17) is 9.47 Å². The average Bonchev–Trinajstić information content (AvgIpc) is 2.96. The standard InChI is InChI=1S/C32H41N3O6S/c1-23(2)20-33-32(37)29(18-25-13-8-7-9-14-25)34(21-26-15-11-10-12-24(26)3)31(36)22-35(42(6,38)39)28-19-27(40-4)16-17-30(28)41-5/h7-17,19,23,29H,18,20-22H2,1-6H3,(H,33,37)/t29-/m1/s1. The lowest BCUT2D eigenvalue weighted by Gasteiger charge is -2.34. The van der Waals surface area contributed by atoms with Gasteiger partial charge < -0.3 is 19.7 Å². The van der Waals surface area contributed by atoms with Gasteiger partial charge in [-0.2, -0.15) is 0 Å². The van der Waals surface area contributed by atoms with Gasteiger partial charge in [-0.25, -0.2) is 8.42 Å². The summed E-state index contributed by atoms with van der Waals surface area (Å²) in [4.78, 5) is 29.5. The van der Waals surface area contributed by atoms with Gasteiger partial charge in [-0.1, -0.05) is 68.4 Å². The lowest BCUT2D eigenvalue weighted by atomic mass is 10.0. The zero-order chi connectivity index (χ0) is 30.9. The summed E-state index contributed by atoms with van der Waals surface area (Å²) in [6.45, 7) is 5.93.